The number of halogens is 1. The summed E-state index contributed by atoms with van der Waals surface area (Å²) in [7, 11) is 0. The molecule has 2 aromatic carbocycles. The Balaban J connectivity index is 2.34. The third-order valence-electron chi connectivity index (χ3n) is 2.70. The van der Waals surface area contributed by atoms with Crippen LogP contribution in [0.4, 0.5) is 11.4 Å². The van der Waals surface area contributed by atoms with Crippen LogP contribution in [0.25, 0.3) is 0 Å². The topological polar surface area (TPSA) is 24.7 Å². The standard InChI is InChI=1S/C15H15ClN2S/c1-10-8-11(2)15(19-3)14(9-10)18-17-13-6-4-12(16)5-7-13/h4-9H,1-3H3. The Hall–Kier alpha value is -1.32. The number of benzene rings is 2. The Kier molecular flexibility index (Phi) is 4.61. The van der Waals surface area contributed by atoms with Gasteiger partial charge in [-0.15, -0.1) is 16.9 Å². The average molecular weight is 291 g/mol. The van der Waals surface area contributed by atoms with Crippen molar-refractivity contribution in [2.45, 2.75) is 18.7 Å². The van der Waals surface area contributed by atoms with Gasteiger partial charge < -0.3 is 0 Å². The van der Waals surface area contributed by atoms with Gasteiger partial charge in [0.1, 0.15) is 0 Å². The number of rotatable bonds is 3. The molecule has 0 fully saturated rings. The van der Waals surface area contributed by atoms with Crippen LogP contribution in [0.5, 0.6) is 0 Å². The monoisotopic (exact) mass is 290 g/mol. The van der Waals surface area contributed by atoms with Crippen molar-refractivity contribution in [1.29, 1.82) is 0 Å². The summed E-state index contributed by atoms with van der Waals surface area (Å²) in [5.74, 6) is 0. The van der Waals surface area contributed by atoms with E-state index in [2.05, 4.69) is 42.5 Å². The molecular weight excluding hydrogens is 276 g/mol. The molecule has 0 aliphatic rings. The van der Waals surface area contributed by atoms with E-state index in [1.165, 1.54) is 16.0 Å². The van der Waals surface area contributed by atoms with Crippen LogP contribution in [0.2, 0.25) is 5.02 Å². The second-order valence-corrected chi connectivity index (χ2v) is 5.56. The SMILES string of the molecule is CSc1c(C)cc(C)cc1N=Nc1ccc(Cl)cc1. The zero-order chi connectivity index (χ0) is 13.8. The fraction of sp³-hybridized carbons (Fsp3) is 0.200. The fourth-order valence-electron chi connectivity index (χ4n) is 1.89. The summed E-state index contributed by atoms with van der Waals surface area (Å²) >= 11 is 7.54. The van der Waals surface area contributed by atoms with E-state index < -0.39 is 0 Å². The highest BCUT2D eigenvalue weighted by Gasteiger charge is 2.05. The number of hydrogen-bond acceptors (Lipinski definition) is 3. The first-order chi connectivity index (χ1) is 9.10. The lowest BCUT2D eigenvalue weighted by Crippen LogP contribution is -1.82. The number of nitrogens with zero attached hydrogens (tertiary/aromatic N) is 2. The third kappa shape index (κ3) is 3.58. The Morgan fingerprint density at radius 1 is 1.00 bits per heavy atom. The van der Waals surface area contributed by atoms with Crippen LogP contribution in [0, 0.1) is 13.8 Å². The van der Waals surface area contributed by atoms with E-state index in [4.69, 9.17) is 11.6 Å². The van der Waals surface area contributed by atoms with Gasteiger partial charge in [-0.25, -0.2) is 0 Å². The van der Waals surface area contributed by atoms with E-state index in [0.717, 1.165) is 11.4 Å². The van der Waals surface area contributed by atoms with E-state index in [9.17, 15) is 0 Å². The number of aryl methyl sites for hydroxylation is 2. The fourth-order valence-corrected chi connectivity index (χ4v) is 2.71. The molecule has 19 heavy (non-hydrogen) atoms. The van der Waals surface area contributed by atoms with Crippen LogP contribution >= 0.6 is 23.4 Å². The summed E-state index contributed by atoms with van der Waals surface area (Å²) < 4.78 is 0. The van der Waals surface area contributed by atoms with Gasteiger partial charge in [0.25, 0.3) is 0 Å². The van der Waals surface area contributed by atoms with Gasteiger partial charge in [-0.2, -0.15) is 5.11 Å². The molecule has 2 rings (SSSR count). The van der Waals surface area contributed by atoms with Gasteiger partial charge in [-0.3, -0.25) is 0 Å². The summed E-state index contributed by atoms with van der Waals surface area (Å²) in [5.41, 5.74) is 4.15. The predicted molar refractivity (Wildman–Crippen MR) is 83.3 cm³/mol. The minimum Gasteiger partial charge on any atom is -0.151 e. The van der Waals surface area contributed by atoms with Crippen LogP contribution < -0.4 is 0 Å². The third-order valence-corrected chi connectivity index (χ3v) is 3.89. The second kappa shape index (κ2) is 6.22. The first-order valence-corrected chi connectivity index (χ1v) is 7.53. The zero-order valence-electron chi connectivity index (χ0n) is 11.1. The van der Waals surface area contributed by atoms with Crippen LogP contribution in [0.3, 0.4) is 0 Å². The highest BCUT2D eigenvalue weighted by molar-refractivity contribution is 7.98. The molecule has 0 unspecified atom stereocenters. The highest BCUT2D eigenvalue weighted by atomic mass is 35.5. The maximum absolute atomic E-state index is 5.84. The number of azo groups is 1. The molecule has 2 nitrogen and oxygen atoms in total. The summed E-state index contributed by atoms with van der Waals surface area (Å²) in [6.07, 6.45) is 2.05. The molecule has 2 aromatic rings. The molecule has 0 atom stereocenters. The van der Waals surface area contributed by atoms with Gasteiger partial charge in [-0.05, 0) is 61.6 Å². The maximum atomic E-state index is 5.84. The predicted octanol–water partition coefficient (Wildman–Crippen LogP) is 6.09. The Labute approximate surface area is 122 Å². The average Bonchev–Trinajstić information content (AvgIpc) is 2.37. The molecule has 0 heterocycles. The Morgan fingerprint density at radius 2 is 1.68 bits per heavy atom. The number of thioether (sulfide) groups is 1. The van der Waals surface area contributed by atoms with Crippen LogP contribution in [0.15, 0.2) is 51.5 Å². The van der Waals surface area contributed by atoms with Gasteiger partial charge in [-0.1, -0.05) is 17.7 Å². The lowest BCUT2D eigenvalue weighted by molar-refractivity contribution is 1.16. The molecule has 0 aliphatic carbocycles. The van der Waals surface area contributed by atoms with E-state index in [1.807, 2.05) is 24.3 Å². The van der Waals surface area contributed by atoms with Crippen molar-refractivity contribution < 1.29 is 0 Å². The van der Waals surface area contributed by atoms with Crippen molar-refractivity contribution in [1.82, 2.24) is 0 Å². The first kappa shape index (κ1) is 14.1. The molecule has 0 radical (unpaired) electrons. The molecule has 0 bridgehead atoms. The van der Waals surface area contributed by atoms with Crippen molar-refractivity contribution in [2.24, 2.45) is 10.2 Å². The summed E-state index contributed by atoms with van der Waals surface area (Å²) in [5, 5.41) is 9.32. The normalized spacial score (nSPS) is 11.2. The minimum absolute atomic E-state index is 0.704. The molecule has 0 aliphatic heterocycles. The highest BCUT2D eigenvalue weighted by Crippen LogP contribution is 2.33. The van der Waals surface area contributed by atoms with Gasteiger partial charge >= 0.3 is 0 Å². The van der Waals surface area contributed by atoms with Gasteiger partial charge in [0, 0.05) is 9.92 Å². The second-order valence-electron chi connectivity index (χ2n) is 4.31. The molecule has 4 heteroatoms. The molecule has 0 saturated carbocycles. The van der Waals surface area contributed by atoms with E-state index >= 15 is 0 Å². The smallest absolute Gasteiger partial charge is 0.0997 e. The quantitative estimate of drug-likeness (QED) is 0.495. The van der Waals surface area contributed by atoms with Gasteiger partial charge in [0.2, 0.25) is 0 Å². The maximum Gasteiger partial charge on any atom is 0.0997 e. The molecule has 0 spiro atoms. The molecule has 0 saturated heterocycles. The van der Waals surface area contributed by atoms with Crippen molar-refractivity contribution in [3.63, 3.8) is 0 Å². The zero-order valence-corrected chi connectivity index (χ0v) is 12.7. The Bertz CT molecular complexity index is 606. The van der Waals surface area contributed by atoms with E-state index in [1.54, 1.807) is 11.8 Å². The lowest BCUT2D eigenvalue weighted by atomic mass is 10.1. The van der Waals surface area contributed by atoms with E-state index in [-0.39, 0.29) is 0 Å². The largest absolute Gasteiger partial charge is 0.151 e. The molecule has 0 amide bonds. The number of hydrogen-bond donors (Lipinski definition) is 0. The molecule has 0 aromatic heterocycles. The van der Waals surface area contributed by atoms with Crippen molar-refractivity contribution >= 4 is 34.7 Å². The Morgan fingerprint density at radius 3 is 2.32 bits per heavy atom. The summed E-state index contributed by atoms with van der Waals surface area (Å²) in [6, 6.07) is 11.5. The van der Waals surface area contributed by atoms with Gasteiger partial charge in [0.15, 0.2) is 0 Å². The van der Waals surface area contributed by atoms with Crippen LogP contribution in [0.1, 0.15) is 11.1 Å². The minimum atomic E-state index is 0.704. The van der Waals surface area contributed by atoms with Crippen molar-refractivity contribution in [2.75, 3.05) is 6.26 Å². The molecular formula is C15H15ClN2S. The lowest BCUT2D eigenvalue weighted by Gasteiger charge is -2.07. The van der Waals surface area contributed by atoms with Crippen LogP contribution in [-0.2, 0) is 0 Å². The van der Waals surface area contributed by atoms with Crippen LogP contribution in [-0.4, -0.2) is 6.26 Å². The molecule has 0 N–H and O–H groups in total. The summed E-state index contributed by atoms with van der Waals surface area (Å²) in [4.78, 5) is 1.17. The summed E-state index contributed by atoms with van der Waals surface area (Å²) in [6.45, 7) is 4.17. The van der Waals surface area contributed by atoms with Gasteiger partial charge in [0.05, 0.1) is 11.4 Å². The van der Waals surface area contributed by atoms with E-state index in [0.29, 0.717) is 5.02 Å². The van der Waals surface area contributed by atoms with Crippen molar-refractivity contribution in [3.05, 3.63) is 52.5 Å². The molecule has 98 valence electrons. The first-order valence-electron chi connectivity index (χ1n) is 5.92. The van der Waals surface area contributed by atoms with Crippen molar-refractivity contribution in [3.8, 4) is 0 Å².